The molecule has 0 aliphatic carbocycles. The van der Waals surface area contributed by atoms with Crippen LogP contribution in [0, 0.1) is 0 Å². The summed E-state index contributed by atoms with van der Waals surface area (Å²) in [5, 5.41) is 9.43. The van der Waals surface area contributed by atoms with Crippen LogP contribution in [-0.4, -0.2) is 17.2 Å². The summed E-state index contributed by atoms with van der Waals surface area (Å²) in [6, 6.07) is 11.1. The van der Waals surface area contributed by atoms with Gasteiger partial charge >= 0.3 is 0 Å². The fraction of sp³-hybridized carbons (Fsp3) is 0.267. The number of pyridine rings is 1. The zero-order valence-corrected chi connectivity index (χ0v) is 11.0. The van der Waals surface area contributed by atoms with Gasteiger partial charge in [0.1, 0.15) is 12.4 Å². The summed E-state index contributed by atoms with van der Waals surface area (Å²) in [7, 11) is 1.59. The third kappa shape index (κ3) is 3.45. The summed E-state index contributed by atoms with van der Waals surface area (Å²) in [5.41, 5.74) is 1.76. The topological polar surface area (TPSA) is 51.6 Å². The lowest BCUT2D eigenvalue weighted by molar-refractivity contribution is 0.199. The van der Waals surface area contributed by atoms with E-state index in [0.717, 1.165) is 16.9 Å². The standard InChI is InChI=1S/C15H17NO3/c1-11(17)12-5-7-14(8-6-12)19-10-13-4-3-9-16-15(13)18-2/h3-9,11,17H,10H2,1-2H3/t11-/m1/s1. The van der Waals surface area contributed by atoms with E-state index < -0.39 is 6.10 Å². The van der Waals surface area contributed by atoms with E-state index in [4.69, 9.17) is 9.47 Å². The highest BCUT2D eigenvalue weighted by Crippen LogP contribution is 2.20. The molecule has 0 aliphatic rings. The molecule has 0 unspecified atom stereocenters. The number of ether oxygens (including phenoxy) is 2. The molecule has 1 heterocycles. The second-order valence-electron chi connectivity index (χ2n) is 4.21. The molecule has 2 rings (SSSR count). The van der Waals surface area contributed by atoms with Crippen LogP contribution in [0.1, 0.15) is 24.2 Å². The van der Waals surface area contributed by atoms with Gasteiger partial charge in [0.05, 0.1) is 18.8 Å². The zero-order valence-electron chi connectivity index (χ0n) is 11.0. The fourth-order valence-electron chi connectivity index (χ4n) is 1.72. The molecule has 0 saturated carbocycles. The summed E-state index contributed by atoms with van der Waals surface area (Å²) in [5.74, 6) is 1.32. The van der Waals surface area contributed by atoms with Gasteiger partial charge in [0.25, 0.3) is 0 Å². The fourth-order valence-corrected chi connectivity index (χ4v) is 1.72. The average Bonchev–Trinajstić information content (AvgIpc) is 2.45. The Kier molecular flexibility index (Phi) is 4.36. The molecule has 2 aromatic rings. The molecule has 19 heavy (non-hydrogen) atoms. The van der Waals surface area contributed by atoms with E-state index >= 15 is 0 Å². The number of benzene rings is 1. The number of methoxy groups -OCH3 is 1. The molecular weight excluding hydrogens is 242 g/mol. The summed E-state index contributed by atoms with van der Waals surface area (Å²) in [6.45, 7) is 2.13. The number of aromatic nitrogens is 1. The van der Waals surface area contributed by atoms with Gasteiger partial charge in [-0.1, -0.05) is 12.1 Å². The van der Waals surface area contributed by atoms with Crippen molar-refractivity contribution in [3.63, 3.8) is 0 Å². The highest BCUT2D eigenvalue weighted by atomic mass is 16.5. The molecule has 1 N–H and O–H groups in total. The summed E-state index contributed by atoms with van der Waals surface area (Å²) in [6.07, 6.45) is 1.22. The molecule has 4 nitrogen and oxygen atoms in total. The maximum atomic E-state index is 9.43. The molecule has 1 aromatic heterocycles. The van der Waals surface area contributed by atoms with Crippen molar-refractivity contribution in [1.82, 2.24) is 4.98 Å². The van der Waals surface area contributed by atoms with Gasteiger partial charge in [0.2, 0.25) is 5.88 Å². The highest BCUT2D eigenvalue weighted by Gasteiger charge is 2.05. The number of rotatable bonds is 5. The molecular formula is C15H17NO3. The summed E-state index contributed by atoms with van der Waals surface area (Å²) < 4.78 is 10.8. The van der Waals surface area contributed by atoms with Crippen molar-refractivity contribution < 1.29 is 14.6 Å². The van der Waals surface area contributed by atoms with Gasteiger partial charge < -0.3 is 14.6 Å². The van der Waals surface area contributed by atoms with E-state index in [1.54, 1.807) is 20.2 Å². The Bertz CT molecular complexity index is 523. The Morgan fingerprint density at radius 1 is 1.21 bits per heavy atom. The van der Waals surface area contributed by atoms with Gasteiger partial charge in [0, 0.05) is 6.20 Å². The molecule has 0 bridgehead atoms. The van der Waals surface area contributed by atoms with Gasteiger partial charge in [-0.15, -0.1) is 0 Å². The molecule has 1 atom stereocenters. The van der Waals surface area contributed by atoms with Crippen molar-refractivity contribution in [2.24, 2.45) is 0 Å². The highest BCUT2D eigenvalue weighted by molar-refractivity contribution is 5.30. The van der Waals surface area contributed by atoms with Crippen molar-refractivity contribution in [1.29, 1.82) is 0 Å². The van der Waals surface area contributed by atoms with E-state index in [9.17, 15) is 5.11 Å². The van der Waals surface area contributed by atoms with Crippen molar-refractivity contribution >= 4 is 0 Å². The van der Waals surface area contributed by atoms with Crippen LogP contribution in [0.15, 0.2) is 42.6 Å². The lowest BCUT2D eigenvalue weighted by atomic mass is 10.1. The van der Waals surface area contributed by atoms with Gasteiger partial charge in [0.15, 0.2) is 0 Å². The number of aliphatic hydroxyl groups is 1. The van der Waals surface area contributed by atoms with Gasteiger partial charge in [-0.3, -0.25) is 0 Å². The second-order valence-corrected chi connectivity index (χ2v) is 4.21. The molecule has 1 aromatic carbocycles. The first-order valence-electron chi connectivity index (χ1n) is 6.09. The smallest absolute Gasteiger partial charge is 0.219 e. The second kappa shape index (κ2) is 6.20. The van der Waals surface area contributed by atoms with Crippen molar-refractivity contribution in [3.05, 3.63) is 53.7 Å². The largest absolute Gasteiger partial charge is 0.489 e. The molecule has 100 valence electrons. The number of nitrogens with zero attached hydrogens (tertiary/aromatic N) is 1. The van der Waals surface area contributed by atoms with Crippen LogP contribution in [0.2, 0.25) is 0 Å². The van der Waals surface area contributed by atoms with Crippen LogP contribution in [0.25, 0.3) is 0 Å². The Morgan fingerprint density at radius 3 is 2.58 bits per heavy atom. The van der Waals surface area contributed by atoms with Crippen LogP contribution in [0.5, 0.6) is 11.6 Å². The third-order valence-corrected chi connectivity index (χ3v) is 2.80. The minimum Gasteiger partial charge on any atom is -0.489 e. The van der Waals surface area contributed by atoms with Crippen LogP contribution < -0.4 is 9.47 Å². The molecule has 4 heteroatoms. The number of hydrogen-bond acceptors (Lipinski definition) is 4. The Hall–Kier alpha value is -2.07. The quantitative estimate of drug-likeness (QED) is 0.897. The van der Waals surface area contributed by atoms with Crippen molar-refractivity contribution in [3.8, 4) is 11.6 Å². The monoisotopic (exact) mass is 259 g/mol. The molecule has 0 spiro atoms. The predicted molar refractivity (Wildman–Crippen MR) is 72.2 cm³/mol. The van der Waals surface area contributed by atoms with Crippen molar-refractivity contribution in [2.45, 2.75) is 19.6 Å². The molecule has 0 amide bonds. The molecule has 0 radical (unpaired) electrons. The minimum absolute atomic E-state index is 0.394. The summed E-state index contributed by atoms with van der Waals surface area (Å²) in [4.78, 5) is 4.11. The van der Waals surface area contributed by atoms with Gasteiger partial charge in [-0.25, -0.2) is 4.98 Å². The first kappa shape index (κ1) is 13.4. The predicted octanol–water partition coefficient (Wildman–Crippen LogP) is 2.72. The van der Waals surface area contributed by atoms with Crippen molar-refractivity contribution in [2.75, 3.05) is 7.11 Å². The molecule has 0 fully saturated rings. The summed E-state index contributed by atoms with van der Waals surface area (Å²) >= 11 is 0. The van der Waals surface area contributed by atoms with Gasteiger partial charge in [-0.2, -0.15) is 0 Å². The van der Waals surface area contributed by atoms with Crippen LogP contribution >= 0.6 is 0 Å². The Morgan fingerprint density at radius 2 is 1.95 bits per heavy atom. The lowest BCUT2D eigenvalue weighted by Crippen LogP contribution is -2.00. The zero-order chi connectivity index (χ0) is 13.7. The third-order valence-electron chi connectivity index (χ3n) is 2.80. The lowest BCUT2D eigenvalue weighted by Gasteiger charge is -2.10. The normalized spacial score (nSPS) is 11.9. The van der Waals surface area contributed by atoms with Crippen LogP contribution in [0.4, 0.5) is 0 Å². The van der Waals surface area contributed by atoms with Crippen LogP contribution in [-0.2, 0) is 6.61 Å². The molecule has 0 aliphatic heterocycles. The SMILES string of the molecule is COc1ncccc1COc1ccc([C@@H](C)O)cc1. The maximum Gasteiger partial charge on any atom is 0.219 e. The Balaban J connectivity index is 2.02. The molecule has 0 saturated heterocycles. The van der Waals surface area contributed by atoms with E-state index in [1.807, 2.05) is 36.4 Å². The Labute approximate surface area is 112 Å². The first-order valence-corrected chi connectivity index (χ1v) is 6.09. The minimum atomic E-state index is -0.465. The van der Waals surface area contributed by atoms with Gasteiger partial charge in [-0.05, 0) is 36.8 Å². The van der Waals surface area contributed by atoms with E-state index in [-0.39, 0.29) is 0 Å². The maximum absolute atomic E-state index is 9.43. The number of aliphatic hydroxyl groups excluding tert-OH is 1. The van der Waals surface area contributed by atoms with Crippen LogP contribution in [0.3, 0.4) is 0 Å². The van der Waals surface area contributed by atoms with E-state index in [2.05, 4.69) is 4.98 Å². The van der Waals surface area contributed by atoms with E-state index in [0.29, 0.717) is 12.5 Å². The van der Waals surface area contributed by atoms with E-state index in [1.165, 1.54) is 0 Å². The number of hydrogen-bond donors (Lipinski definition) is 1. The average molecular weight is 259 g/mol. The first-order chi connectivity index (χ1) is 9.20.